The molecule has 6 aliphatic rings. The molecule has 0 saturated carbocycles. The molecule has 2 aromatic heterocycles. The van der Waals surface area contributed by atoms with Gasteiger partial charge in [0, 0.05) is 95.7 Å². The lowest BCUT2D eigenvalue weighted by Crippen LogP contribution is -2.65. The summed E-state index contributed by atoms with van der Waals surface area (Å²) in [7, 11) is 0. The van der Waals surface area contributed by atoms with Crippen molar-refractivity contribution in [3.05, 3.63) is 220 Å². The summed E-state index contributed by atoms with van der Waals surface area (Å²) in [6.07, 6.45) is 0. The van der Waals surface area contributed by atoms with Crippen molar-refractivity contribution in [1.82, 2.24) is 9.13 Å². The Kier molecular flexibility index (Phi) is 14.6. The maximum atomic E-state index is 7.85. The van der Waals surface area contributed by atoms with Crippen molar-refractivity contribution < 1.29 is 9.47 Å². The lowest BCUT2D eigenvalue weighted by atomic mass is 9.29. The van der Waals surface area contributed by atoms with E-state index in [0.29, 0.717) is 0 Å². The smallest absolute Gasteiger partial charge is 0.260 e. The van der Waals surface area contributed by atoms with Gasteiger partial charge in [-0.05, 0) is 240 Å². The van der Waals surface area contributed by atoms with Gasteiger partial charge in [0.15, 0.2) is 0 Å². The van der Waals surface area contributed by atoms with Gasteiger partial charge in [-0.1, -0.05) is 248 Å². The van der Waals surface area contributed by atoms with E-state index >= 15 is 0 Å². The van der Waals surface area contributed by atoms with E-state index < -0.39 is 0 Å². The number of nitrogens with zero attached hydrogens (tertiary/aromatic N) is 4. The summed E-state index contributed by atoms with van der Waals surface area (Å²) < 4.78 is 21.1. The topological polar surface area (TPSA) is 34.8 Å². The highest BCUT2D eigenvalue weighted by Crippen LogP contribution is 2.51. The number of aromatic nitrogens is 2. The van der Waals surface area contributed by atoms with Crippen LogP contribution in [0.4, 0.5) is 34.1 Å². The Morgan fingerprint density at radius 1 is 0.216 bits per heavy atom. The first-order valence-corrected chi connectivity index (χ1v) is 41.0. The Balaban J connectivity index is 0.941. The van der Waals surface area contributed by atoms with Gasteiger partial charge in [0.25, 0.3) is 20.1 Å². The summed E-state index contributed by atoms with van der Waals surface area (Å²) in [5.74, 6) is 3.44. The van der Waals surface area contributed by atoms with Crippen LogP contribution in [0.5, 0.6) is 23.0 Å². The third-order valence-electron chi connectivity index (χ3n) is 26.1. The number of benzene rings is 11. The SMILES string of the molecule is CC(C)(C)c1ccc(N2c3cc4c(cc3B3c5c2cc(C(C)(C)C)cc5-n2c5ccc(C(C)(C)C)cc5c5cc(C(C)(C)C)cc3c52)B2c3cc5c(cc3Oc3cc(C(C)(C)C)cc(c32)O4)N(c2ccc(C(C)(C)C)cc2)c2cc(C(C)(C)C)cc3c2B5c2cc(C(C)(C)C)cc4c5cc(C(C)(C)C)ccc5n-3c24)cc1. The van der Waals surface area contributed by atoms with Gasteiger partial charge in [0.1, 0.15) is 23.0 Å². The average molecular weight is 1460 g/mol. The molecule has 9 heteroatoms. The molecule has 0 bridgehead atoms. The van der Waals surface area contributed by atoms with Gasteiger partial charge >= 0.3 is 0 Å². The zero-order valence-corrected chi connectivity index (χ0v) is 71.0. The molecule has 0 atom stereocenters. The zero-order chi connectivity index (χ0) is 78.7. The van der Waals surface area contributed by atoms with Crippen molar-refractivity contribution in [3.63, 3.8) is 0 Å². The lowest BCUT2D eigenvalue weighted by Gasteiger charge is -2.44. The molecule has 6 nitrogen and oxygen atoms in total. The van der Waals surface area contributed by atoms with Gasteiger partial charge in [-0.3, -0.25) is 0 Å². The second-order valence-electron chi connectivity index (χ2n) is 43.2. The summed E-state index contributed by atoms with van der Waals surface area (Å²) >= 11 is 0. The Bertz CT molecular complexity index is 5900. The molecule has 0 aliphatic carbocycles. The maximum absolute atomic E-state index is 7.85. The normalized spacial score (nSPS) is 15.0. The monoisotopic (exact) mass is 1450 g/mol. The molecule has 11 aromatic carbocycles. The van der Waals surface area contributed by atoms with Crippen LogP contribution < -0.4 is 68.4 Å². The number of hydrogen-bond donors (Lipinski definition) is 0. The summed E-state index contributed by atoms with van der Waals surface area (Å²) in [4.78, 5) is 5.24. The van der Waals surface area contributed by atoms with Crippen molar-refractivity contribution in [1.29, 1.82) is 0 Å². The van der Waals surface area contributed by atoms with Crippen LogP contribution in [0.15, 0.2) is 170 Å². The summed E-state index contributed by atoms with van der Waals surface area (Å²) in [5, 5.41) is 5.23. The molecule has 0 spiro atoms. The first-order chi connectivity index (χ1) is 51.7. The van der Waals surface area contributed by atoms with E-state index in [4.69, 9.17) is 9.47 Å². The van der Waals surface area contributed by atoms with Crippen LogP contribution in [0.3, 0.4) is 0 Å². The molecule has 558 valence electrons. The van der Waals surface area contributed by atoms with Crippen molar-refractivity contribution in [3.8, 4) is 34.4 Å². The first kappa shape index (κ1) is 71.7. The van der Waals surface area contributed by atoms with E-state index in [1.807, 2.05) is 0 Å². The molecular weight excluding hydrogens is 1350 g/mol. The van der Waals surface area contributed by atoms with Crippen LogP contribution in [-0.2, 0) is 48.7 Å². The Morgan fingerprint density at radius 2 is 0.505 bits per heavy atom. The molecular formula is C102H109B3N4O2. The third-order valence-corrected chi connectivity index (χ3v) is 26.1. The number of ether oxygens (including phenoxy) is 2. The van der Waals surface area contributed by atoms with Crippen LogP contribution in [0.1, 0.15) is 237 Å². The van der Waals surface area contributed by atoms with Gasteiger partial charge in [-0.2, -0.15) is 0 Å². The predicted molar refractivity (Wildman–Crippen MR) is 480 cm³/mol. The molecule has 0 N–H and O–H groups in total. The Labute approximate surface area is 661 Å². The molecule has 0 amide bonds. The van der Waals surface area contributed by atoms with E-state index in [2.05, 4.69) is 376 Å². The molecule has 0 fully saturated rings. The fourth-order valence-electron chi connectivity index (χ4n) is 19.4. The minimum Gasteiger partial charge on any atom is -0.458 e. The Morgan fingerprint density at radius 3 is 0.838 bits per heavy atom. The van der Waals surface area contributed by atoms with Gasteiger partial charge < -0.3 is 28.4 Å². The first-order valence-electron chi connectivity index (χ1n) is 41.0. The second kappa shape index (κ2) is 22.6. The highest BCUT2D eigenvalue weighted by molar-refractivity contribution is 7.04. The molecule has 8 heterocycles. The summed E-state index contributed by atoms with van der Waals surface area (Å²) in [6, 6.07) is 69.2. The van der Waals surface area contributed by atoms with E-state index in [-0.39, 0.29) is 68.9 Å². The average Bonchev–Trinajstić information content (AvgIpc) is 1.66. The van der Waals surface area contributed by atoms with Crippen LogP contribution in [0.2, 0.25) is 0 Å². The molecule has 0 radical (unpaired) electrons. The third kappa shape index (κ3) is 10.6. The molecule has 111 heavy (non-hydrogen) atoms. The van der Waals surface area contributed by atoms with Crippen molar-refractivity contribution in [2.24, 2.45) is 0 Å². The van der Waals surface area contributed by atoms with Gasteiger partial charge in [0.05, 0.1) is 11.0 Å². The van der Waals surface area contributed by atoms with Crippen molar-refractivity contribution >= 4 is 147 Å². The van der Waals surface area contributed by atoms with Crippen LogP contribution in [0, 0.1) is 0 Å². The molecule has 13 aromatic rings. The predicted octanol–water partition coefficient (Wildman–Crippen LogP) is 21.5. The minimum atomic E-state index is -0.294. The highest BCUT2D eigenvalue weighted by atomic mass is 16.5. The van der Waals surface area contributed by atoms with E-state index in [1.54, 1.807) is 0 Å². The molecule has 0 saturated heterocycles. The quantitative estimate of drug-likeness (QED) is 0.162. The van der Waals surface area contributed by atoms with Gasteiger partial charge in [-0.15, -0.1) is 0 Å². The number of anilines is 6. The second-order valence-corrected chi connectivity index (χ2v) is 43.2. The largest absolute Gasteiger partial charge is 0.458 e. The van der Waals surface area contributed by atoms with Crippen molar-refractivity contribution in [2.75, 3.05) is 9.80 Å². The molecule has 0 unspecified atom stereocenters. The number of hydrogen-bond acceptors (Lipinski definition) is 4. The number of fused-ring (bicyclic) bond motifs is 18. The van der Waals surface area contributed by atoms with Gasteiger partial charge in [0.2, 0.25) is 0 Å². The lowest BCUT2D eigenvalue weighted by molar-refractivity contribution is 0.458. The zero-order valence-electron chi connectivity index (χ0n) is 71.0. The summed E-state index contributed by atoms with van der Waals surface area (Å²) in [5.41, 5.74) is 36.3. The maximum Gasteiger partial charge on any atom is 0.260 e. The van der Waals surface area contributed by atoms with E-state index in [0.717, 1.165) is 67.7 Å². The van der Waals surface area contributed by atoms with E-state index in [9.17, 15) is 0 Å². The Hall–Kier alpha value is -9.59. The van der Waals surface area contributed by atoms with Crippen molar-refractivity contribution in [2.45, 2.75) is 236 Å². The van der Waals surface area contributed by atoms with Crippen LogP contribution in [0.25, 0.3) is 55.0 Å². The number of rotatable bonds is 2. The van der Waals surface area contributed by atoms with E-state index in [1.165, 1.54) is 144 Å². The fourth-order valence-corrected chi connectivity index (χ4v) is 19.4. The summed E-state index contributed by atoms with van der Waals surface area (Å²) in [6.45, 7) is 63.1. The standard InChI is InChI=1S/C102H109B3N4O2/c1-94(2,3)56-28-34-65(35-29-56)106-79-54-85-73(52-71(79)103-75-44-60(98(13,14)15)42-69-67-40-58(96(7,8)9)32-38-77(67)108(92(69)75)83-48-62(100(19,20)21)46-81(106)89(83)103)105-74-53-72-80(55-86(74)111-88-51-64(102(25,26)27)50-87(110-85)91(88)105)107(66-36-30-57(31-37-66)95(4,5)6)82-47-63(101(22,23)24)49-84-90(82)104(72)76-45-61(99(16,17)18)43-70-68-41-59(97(10,11)12)33-39-78(68)109(84)93(70)76/h28-55H,1-27H3. The minimum absolute atomic E-state index is 0.0468. The van der Waals surface area contributed by atoms with Crippen LogP contribution in [-0.4, -0.2) is 29.3 Å². The van der Waals surface area contributed by atoms with Crippen LogP contribution >= 0.6 is 0 Å². The fraction of sp³-hybridized carbons (Fsp3) is 0.353. The molecule has 6 aliphatic heterocycles. The highest BCUT2D eigenvalue weighted by Gasteiger charge is 2.51. The molecule has 19 rings (SSSR count). The van der Waals surface area contributed by atoms with Gasteiger partial charge in [-0.25, -0.2) is 0 Å².